The molecule has 0 radical (unpaired) electrons. The van der Waals surface area contributed by atoms with Crippen LogP contribution in [0.25, 0.3) is 0 Å². The molecule has 138 valence electrons. The summed E-state index contributed by atoms with van der Waals surface area (Å²) in [6.07, 6.45) is 2.40. The van der Waals surface area contributed by atoms with E-state index in [-0.39, 0.29) is 24.0 Å². The van der Waals surface area contributed by atoms with E-state index in [1.54, 1.807) is 0 Å². The Morgan fingerprint density at radius 3 is 2.70 bits per heavy atom. The minimum absolute atomic E-state index is 0. The van der Waals surface area contributed by atoms with Gasteiger partial charge in [0.05, 0.1) is 6.61 Å². The fraction of sp³-hybridized carbons (Fsp3) is 0.938. The van der Waals surface area contributed by atoms with Crippen LogP contribution in [-0.4, -0.2) is 88.4 Å². The fourth-order valence-corrected chi connectivity index (χ4v) is 2.54. The quantitative estimate of drug-likeness (QED) is 0.244. The third kappa shape index (κ3) is 12.0. The van der Waals surface area contributed by atoms with Crippen LogP contribution in [0.4, 0.5) is 0 Å². The minimum Gasteiger partial charge on any atom is -0.380 e. The Morgan fingerprint density at radius 1 is 1.13 bits per heavy atom. The highest BCUT2D eigenvalue weighted by Gasteiger charge is 2.10. The number of nitrogens with one attached hydrogen (secondary N) is 2. The van der Waals surface area contributed by atoms with Crippen molar-refractivity contribution < 1.29 is 4.74 Å². The number of rotatable bonds is 9. The number of aliphatic imine (C=N–C) groups is 1. The molecule has 0 amide bonds. The van der Waals surface area contributed by atoms with Crippen LogP contribution in [0.1, 0.15) is 26.7 Å². The first-order chi connectivity index (χ1) is 10.8. The average molecular weight is 441 g/mol. The number of ether oxygens (including phenoxy) is 1. The maximum Gasteiger partial charge on any atom is 0.191 e. The van der Waals surface area contributed by atoms with E-state index in [1.807, 2.05) is 6.92 Å². The van der Waals surface area contributed by atoms with E-state index in [9.17, 15) is 0 Å². The van der Waals surface area contributed by atoms with Crippen molar-refractivity contribution in [2.45, 2.75) is 26.7 Å². The van der Waals surface area contributed by atoms with Gasteiger partial charge in [0, 0.05) is 39.3 Å². The lowest BCUT2D eigenvalue weighted by Gasteiger charge is -2.19. The van der Waals surface area contributed by atoms with E-state index < -0.39 is 0 Å². The molecular formula is C16H36IN5O. The van der Waals surface area contributed by atoms with Gasteiger partial charge in [0.2, 0.25) is 0 Å². The van der Waals surface area contributed by atoms with E-state index in [0.717, 1.165) is 51.8 Å². The standard InChI is InChI=1S/C16H35N5O.HI/c1-4-17-16(19-9-15-22-5-2)18-8-6-11-21-12-7-10-20(3)13-14-21;/h4-15H2,1-3H3,(H2,17,18,19);1H. The molecule has 6 nitrogen and oxygen atoms in total. The first-order valence-corrected chi connectivity index (χ1v) is 8.77. The van der Waals surface area contributed by atoms with E-state index in [4.69, 9.17) is 4.74 Å². The second-order valence-electron chi connectivity index (χ2n) is 5.74. The van der Waals surface area contributed by atoms with Gasteiger partial charge >= 0.3 is 0 Å². The molecule has 0 unspecified atom stereocenters. The first-order valence-electron chi connectivity index (χ1n) is 8.77. The molecule has 0 aliphatic carbocycles. The van der Waals surface area contributed by atoms with Crippen LogP contribution in [0.15, 0.2) is 4.99 Å². The van der Waals surface area contributed by atoms with Crippen molar-refractivity contribution in [2.75, 3.05) is 72.6 Å². The van der Waals surface area contributed by atoms with Gasteiger partial charge in [-0.1, -0.05) is 0 Å². The van der Waals surface area contributed by atoms with Crippen molar-refractivity contribution in [2.24, 2.45) is 4.99 Å². The summed E-state index contributed by atoms with van der Waals surface area (Å²) in [5, 5.41) is 6.58. The lowest BCUT2D eigenvalue weighted by atomic mass is 10.3. The van der Waals surface area contributed by atoms with Gasteiger partial charge in [-0.05, 0) is 53.4 Å². The summed E-state index contributed by atoms with van der Waals surface area (Å²) in [6.45, 7) is 14.1. The minimum atomic E-state index is 0. The zero-order valence-corrected chi connectivity index (χ0v) is 17.5. The molecule has 0 atom stereocenters. The Labute approximate surface area is 159 Å². The van der Waals surface area contributed by atoms with Gasteiger partial charge in [-0.25, -0.2) is 0 Å². The van der Waals surface area contributed by atoms with Crippen LogP contribution in [0.3, 0.4) is 0 Å². The lowest BCUT2D eigenvalue weighted by Crippen LogP contribution is -2.39. The summed E-state index contributed by atoms with van der Waals surface area (Å²) in [5.74, 6) is 0.901. The molecule has 0 spiro atoms. The number of hydrogen-bond donors (Lipinski definition) is 2. The van der Waals surface area contributed by atoms with Gasteiger partial charge < -0.3 is 25.2 Å². The molecule has 0 aromatic heterocycles. The third-order valence-electron chi connectivity index (χ3n) is 3.80. The fourth-order valence-electron chi connectivity index (χ4n) is 2.54. The molecule has 1 aliphatic rings. The topological polar surface area (TPSA) is 52.1 Å². The Kier molecular flexibility index (Phi) is 15.3. The van der Waals surface area contributed by atoms with Crippen LogP contribution < -0.4 is 10.6 Å². The number of nitrogens with zero attached hydrogens (tertiary/aromatic N) is 3. The van der Waals surface area contributed by atoms with Crippen LogP contribution >= 0.6 is 24.0 Å². The number of likely N-dealkylation sites (N-methyl/N-ethyl adjacent to an activating group) is 1. The van der Waals surface area contributed by atoms with Crippen molar-refractivity contribution in [1.29, 1.82) is 0 Å². The van der Waals surface area contributed by atoms with Crippen LogP contribution in [-0.2, 0) is 4.74 Å². The Bertz CT molecular complexity index is 304. The second-order valence-corrected chi connectivity index (χ2v) is 5.74. The zero-order chi connectivity index (χ0) is 16.0. The van der Waals surface area contributed by atoms with Crippen molar-refractivity contribution >= 4 is 29.9 Å². The highest BCUT2D eigenvalue weighted by Crippen LogP contribution is 2.01. The van der Waals surface area contributed by atoms with Gasteiger partial charge in [-0.2, -0.15) is 0 Å². The van der Waals surface area contributed by atoms with E-state index in [1.165, 1.54) is 32.6 Å². The Morgan fingerprint density at radius 2 is 1.96 bits per heavy atom. The summed E-state index contributed by atoms with van der Waals surface area (Å²) in [6, 6.07) is 0. The van der Waals surface area contributed by atoms with Crippen LogP contribution in [0.5, 0.6) is 0 Å². The highest BCUT2D eigenvalue weighted by atomic mass is 127. The van der Waals surface area contributed by atoms with Gasteiger partial charge in [0.1, 0.15) is 0 Å². The van der Waals surface area contributed by atoms with Crippen molar-refractivity contribution in [1.82, 2.24) is 20.4 Å². The lowest BCUT2D eigenvalue weighted by molar-refractivity contribution is 0.152. The maximum absolute atomic E-state index is 5.33. The number of hydrogen-bond acceptors (Lipinski definition) is 4. The maximum atomic E-state index is 5.33. The molecule has 0 aromatic carbocycles. The molecule has 1 fully saturated rings. The third-order valence-corrected chi connectivity index (χ3v) is 3.80. The average Bonchev–Trinajstić information content (AvgIpc) is 2.72. The van der Waals surface area contributed by atoms with Gasteiger partial charge in [-0.15, -0.1) is 24.0 Å². The molecule has 1 saturated heterocycles. The SMILES string of the molecule is CCNC(=NCCCN1CCCN(C)CC1)NCCOCC.I. The molecule has 0 saturated carbocycles. The molecule has 23 heavy (non-hydrogen) atoms. The monoisotopic (exact) mass is 441 g/mol. The summed E-state index contributed by atoms with van der Waals surface area (Å²) < 4.78 is 5.33. The first kappa shape index (κ1) is 22.9. The van der Waals surface area contributed by atoms with Crippen molar-refractivity contribution in [3.05, 3.63) is 0 Å². The number of guanidine groups is 1. The smallest absolute Gasteiger partial charge is 0.191 e. The summed E-state index contributed by atoms with van der Waals surface area (Å²) >= 11 is 0. The van der Waals surface area contributed by atoms with Crippen molar-refractivity contribution in [3.63, 3.8) is 0 Å². The van der Waals surface area contributed by atoms with Gasteiger partial charge in [-0.3, -0.25) is 4.99 Å². The van der Waals surface area contributed by atoms with Gasteiger partial charge in [0.25, 0.3) is 0 Å². The molecule has 1 rings (SSSR count). The summed E-state index contributed by atoms with van der Waals surface area (Å²) in [7, 11) is 2.21. The summed E-state index contributed by atoms with van der Waals surface area (Å²) in [4.78, 5) is 9.62. The van der Waals surface area contributed by atoms with E-state index in [2.05, 4.69) is 39.4 Å². The molecular weight excluding hydrogens is 405 g/mol. The van der Waals surface area contributed by atoms with E-state index in [0.29, 0.717) is 0 Å². The molecule has 1 heterocycles. The normalized spacial score (nSPS) is 17.4. The predicted octanol–water partition coefficient (Wildman–Crippen LogP) is 1.22. The van der Waals surface area contributed by atoms with E-state index >= 15 is 0 Å². The van der Waals surface area contributed by atoms with Crippen LogP contribution in [0.2, 0.25) is 0 Å². The molecule has 0 aromatic rings. The van der Waals surface area contributed by atoms with Gasteiger partial charge in [0.15, 0.2) is 5.96 Å². The van der Waals surface area contributed by atoms with Crippen molar-refractivity contribution in [3.8, 4) is 0 Å². The number of halogens is 1. The molecule has 0 bridgehead atoms. The highest BCUT2D eigenvalue weighted by molar-refractivity contribution is 14.0. The largest absolute Gasteiger partial charge is 0.380 e. The summed E-state index contributed by atoms with van der Waals surface area (Å²) in [5.41, 5.74) is 0. The molecule has 7 heteroatoms. The Balaban J connectivity index is 0.00000484. The van der Waals surface area contributed by atoms with Crippen LogP contribution in [0, 0.1) is 0 Å². The molecule has 2 N–H and O–H groups in total. The molecule has 1 aliphatic heterocycles. The predicted molar refractivity (Wildman–Crippen MR) is 109 cm³/mol. The Hall–Kier alpha value is -0.120. The zero-order valence-electron chi connectivity index (χ0n) is 15.1. The second kappa shape index (κ2) is 15.4.